The van der Waals surface area contributed by atoms with E-state index in [-0.39, 0.29) is 0 Å². The average Bonchev–Trinajstić information content (AvgIpc) is 2.39. The summed E-state index contributed by atoms with van der Waals surface area (Å²) in [5, 5.41) is 0. The average molecular weight is 296 g/mol. The summed E-state index contributed by atoms with van der Waals surface area (Å²) >= 11 is 3.72. The molecule has 4 nitrogen and oxygen atoms in total. The third-order valence-electron chi connectivity index (χ3n) is 2.23. The highest BCUT2D eigenvalue weighted by molar-refractivity contribution is 7.99. The van der Waals surface area contributed by atoms with Gasteiger partial charge in [-0.1, -0.05) is 0 Å². The van der Waals surface area contributed by atoms with Crippen LogP contribution in [0.2, 0.25) is 0 Å². The molecule has 1 aliphatic heterocycles. The molecule has 0 saturated carbocycles. The SMILES string of the molecule is C1COCCSCCOCCOCCSCCO1. The molecule has 0 bridgehead atoms. The summed E-state index contributed by atoms with van der Waals surface area (Å²) in [4.78, 5) is 0. The van der Waals surface area contributed by atoms with Crippen molar-refractivity contribution in [3.8, 4) is 0 Å². The zero-order chi connectivity index (χ0) is 12.7. The maximum atomic E-state index is 5.47. The Hall–Kier alpha value is 0.540. The molecule has 0 unspecified atom stereocenters. The second-order valence-corrected chi connectivity index (χ2v) is 6.12. The van der Waals surface area contributed by atoms with E-state index in [0.29, 0.717) is 26.4 Å². The summed E-state index contributed by atoms with van der Waals surface area (Å²) in [6, 6.07) is 0. The van der Waals surface area contributed by atoms with Crippen LogP contribution < -0.4 is 0 Å². The van der Waals surface area contributed by atoms with E-state index in [1.165, 1.54) is 0 Å². The number of hydrogen-bond donors (Lipinski definition) is 0. The summed E-state index contributed by atoms with van der Waals surface area (Å²) in [6.45, 7) is 5.99. The second kappa shape index (κ2) is 14.0. The van der Waals surface area contributed by atoms with Gasteiger partial charge in [0.05, 0.1) is 52.9 Å². The molecule has 0 aromatic rings. The van der Waals surface area contributed by atoms with E-state index in [9.17, 15) is 0 Å². The fourth-order valence-electron chi connectivity index (χ4n) is 1.32. The van der Waals surface area contributed by atoms with E-state index in [2.05, 4.69) is 0 Å². The molecule has 6 heteroatoms. The predicted octanol–water partition coefficient (Wildman–Crippen LogP) is 1.53. The van der Waals surface area contributed by atoms with E-state index in [1.54, 1.807) is 0 Å². The van der Waals surface area contributed by atoms with Crippen molar-refractivity contribution in [2.75, 3.05) is 75.9 Å². The number of hydrogen-bond acceptors (Lipinski definition) is 6. The van der Waals surface area contributed by atoms with E-state index >= 15 is 0 Å². The summed E-state index contributed by atoms with van der Waals surface area (Å²) in [6.07, 6.45) is 0. The molecule has 0 radical (unpaired) electrons. The smallest absolute Gasteiger partial charge is 0.0700 e. The highest BCUT2D eigenvalue weighted by Gasteiger charge is 1.96. The zero-order valence-electron chi connectivity index (χ0n) is 10.9. The standard InChI is InChI=1S/C12H24O4S2/c1-2-14-6-10-18-12-8-16-4-3-15-7-11-17-9-5-13-1/h1-12H2. The molecule has 1 rings (SSSR count). The first-order chi connectivity index (χ1) is 9.00. The minimum absolute atomic E-state index is 0.699. The van der Waals surface area contributed by atoms with Crippen LogP contribution in [0.3, 0.4) is 0 Å². The van der Waals surface area contributed by atoms with E-state index in [1.807, 2.05) is 23.5 Å². The Balaban J connectivity index is 2.00. The third-order valence-corrected chi connectivity index (χ3v) is 4.05. The van der Waals surface area contributed by atoms with Crippen LogP contribution in [0.5, 0.6) is 0 Å². The summed E-state index contributed by atoms with van der Waals surface area (Å²) in [5.74, 6) is 4.09. The molecule has 1 fully saturated rings. The van der Waals surface area contributed by atoms with E-state index < -0.39 is 0 Å². The topological polar surface area (TPSA) is 36.9 Å². The number of thioether (sulfide) groups is 2. The molecule has 0 aliphatic carbocycles. The van der Waals surface area contributed by atoms with Gasteiger partial charge in [0.15, 0.2) is 0 Å². The van der Waals surface area contributed by atoms with Crippen LogP contribution in [0.15, 0.2) is 0 Å². The largest absolute Gasteiger partial charge is 0.378 e. The second-order valence-electron chi connectivity index (χ2n) is 3.67. The molecular weight excluding hydrogens is 272 g/mol. The Bertz CT molecular complexity index is 97.1. The Morgan fingerprint density at radius 1 is 0.389 bits per heavy atom. The van der Waals surface area contributed by atoms with Gasteiger partial charge in [-0.25, -0.2) is 0 Å². The van der Waals surface area contributed by atoms with Crippen molar-refractivity contribution in [1.29, 1.82) is 0 Å². The molecule has 0 atom stereocenters. The van der Waals surface area contributed by atoms with Crippen molar-refractivity contribution >= 4 is 23.5 Å². The van der Waals surface area contributed by atoms with Crippen molar-refractivity contribution in [2.45, 2.75) is 0 Å². The van der Waals surface area contributed by atoms with E-state index in [4.69, 9.17) is 18.9 Å². The predicted molar refractivity (Wildman–Crippen MR) is 77.9 cm³/mol. The maximum Gasteiger partial charge on any atom is 0.0700 e. The fourth-order valence-corrected chi connectivity index (χ4v) is 2.67. The number of ether oxygens (including phenoxy) is 4. The summed E-state index contributed by atoms with van der Waals surface area (Å²) in [5.41, 5.74) is 0. The molecule has 0 aromatic heterocycles. The van der Waals surface area contributed by atoms with Crippen molar-refractivity contribution < 1.29 is 18.9 Å². The lowest BCUT2D eigenvalue weighted by Gasteiger charge is -2.08. The Morgan fingerprint density at radius 3 is 0.944 bits per heavy atom. The van der Waals surface area contributed by atoms with Gasteiger partial charge in [-0.3, -0.25) is 0 Å². The van der Waals surface area contributed by atoms with Crippen molar-refractivity contribution in [3.63, 3.8) is 0 Å². The van der Waals surface area contributed by atoms with Crippen molar-refractivity contribution in [1.82, 2.24) is 0 Å². The first-order valence-electron chi connectivity index (χ1n) is 6.46. The van der Waals surface area contributed by atoms with Crippen molar-refractivity contribution in [2.24, 2.45) is 0 Å². The first-order valence-corrected chi connectivity index (χ1v) is 8.77. The van der Waals surface area contributed by atoms with Crippen LogP contribution in [-0.4, -0.2) is 75.9 Å². The van der Waals surface area contributed by atoms with Crippen LogP contribution in [0.25, 0.3) is 0 Å². The molecule has 18 heavy (non-hydrogen) atoms. The normalized spacial score (nSPS) is 24.0. The lowest BCUT2D eigenvalue weighted by molar-refractivity contribution is 0.0581. The monoisotopic (exact) mass is 296 g/mol. The highest BCUT2D eigenvalue weighted by atomic mass is 32.2. The molecule has 0 amide bonds. The molecule has 0 aromatic carbocycles. The fraction of sp³-hybridized carbons (Fsp3) is 1.00. The van der Waals surface area contributed by atoms with Gasteiger partial charge >= 0.3 is 0 Å². The van der Waals surface area contributed by atoms with Crippen LogP contribution >= 0.6 is 23.5 Å². The lowest BCUT2D eigenvalue weighted by Crippen LogP contribution is -2.11. The maximum absolute atomic E-state index is 5.47. The molecule has 0 N–H and O–H groups in total. The molecule has 1 saturated heterocycles. The van der Waals surface area contributed by atoms with Gasteiger partial charge in [0.2, 0.25) is 0 Å². The Morgan fingerprint density at radius 2 is 0.667 bits per heavy atom. The zero-order valence-corrected chi connectivity index (χ0v) is 12.6. The molecule has 1 aliphatic rings. The van der Waals surface area contributed by atoms with Gasteiger partial charge in [0.25, 0.3) is 0 Å². The van der Waals surface area contributed by atoms with Gasteiger partial charge in [0.1, 0.15) is 0 Å². The van der Waals surface area contributed by atoms with Gasteiger partial charge in [0, 0.05) is 23.0 Å². The van der Waals surface area contributed by atoms with Gasteiger partial charge in [-0.2, -0.15) is 23.5 Å². The molecule has 0 spiro atoms. The molecule has 1 heterocycles. The number of rotatable bonds is 0. The quantitative estimate of drug-likeness (QED) is 0.675. The van der Waals surface area contributed by atoms with Crippen molar-refractivity contribution in [3.05, 3.63) is 0 Å². The van der Waals surface area contributed by atoms with Crippen LogP contribution in [0.4, 0.5) is 0 Å². The van der Waals surface area contributed by atoms with Gasteiger partial charge in [-0.05, 0) is 0 Å². The van der Waals surface area contributed by atoms with Crippen LogP contribution in [0, 0.1) is 0 Å². The third kappa shape index (κ3) is 11.6. The molecular formula is C12H24O4S2. The van der Waals surface area contributed by atoms with E-state index in [0.717, 1.165) is 49.4 Å². The molecule has 108 valence electrons. The minimum Gasteiger partial charge on any atom is -0.378 e. The van der Waals surface area contributed by atoms with Crippen LogP contribution in [0.1, 0.15) is 0 Å². The lowest BCUT2D eigenvalue weighted by atomic mass is 10.7. The Labute approximate surface area is 118 Å². The van der Waals surface area contributed by atoms with Gasteiger partial charge in [-0.15, -0.1) is 0 Å². The van der Waals surface area contributed by atoms with Crippen LogP contribution in [-0.2, 0) is 18.9 Å². The highest BCUT2D eigenvalue weighted by Crippen LogP contribution is 2.01. The minimum atomic E-state index is 0.699. The summed E-state index contributed by atoms with van der Waals surface area (Å²) in [7, 11) is 0. The van der Waals surface area contributed by atoms with Gasteiger partial charge < -0.3 is 18.9 Å². The first kappa shape index (κ1) is 16.6. The summed E-state index contributed by atoms with van der Waals surface area (Å²) < 4.78 is 21.9. The Kier molecular flexibility index (Phi) is 12.9.